The van der Waals surface area contributed by atoms with E-state index in [9.17, 15) is 4.79 Å². The first-order chi connectivity index (χ1) is 8.84. The van der Waals surface area contributed by atoms with Crippen molar-refractivity contribution in [2.75, 3.05) is 6.54 Å². The minimum absolute atomic E-state index is 0.217. The van der Waals surface area contributed by atoms with E-state index in [1.807, 2.05) is 18.2 Å². The maximum atomic E-state index is 11.7. The first-order valence-electron chi connectivity index (χ1n) is 6.57. The summed E-state index contributed by atoms with van der Waals surface area (Å²) in [5, 5.41) is 4.16. The van der Waals surface area contributed by atoms with Crippen LogP contribution in [-0.4, -0.2) is 12.5 Å². The van der Waals surface area contributed by atoms with E-state index in [2.05, 4.69) is 11.4 Å². The summed E-state index contributed by atoms with van der Waals surface area (Å²) in [5.74, 6) is 0.486. The summed E-state index contributed by atoms with van der Waals surface area (Å²) < 4.78 is 5.47. The van der Waals surface area contributed by atoms with E-state index in [1.54, 1.807) is 6.26 Å². The molecule has 3 rings (SSSR count). The van der Waals surface area contributed by atoms with E-state index in [-0.39, 0.29) is 11.8 Å². The zero-order valence-corrected chi connectivity index (χ0v) is 10.3. The molecule has 1 fully saturated rings. The fourth-order valence-electron chi connectivity index (χ4n) is 2.36. The van der Waals surface area contributed by atoms with Gasteiger partial charge in [0.1, 0.15) is 5.58 Å². The summed E-state index contributed by atoms with van der Waals surface area (Å²) >= 11 is 0. The summed E-state index contributed by atoms with van der Waals surface area (Å²) in [6.45, 7) is 0.693. The Labute approximate surface area is 106 Å². The van der Waals surface area contributed by atoms with Gasteiger partial charge in [0, 0.05) is 17.8 Å². The van der Waals surface area contributed by atoms with E-state index in [0.29, 0.717) is 6.54 Å². The lowest BCUT2D eigenvalue weighted by Gasteiger charge is -2.23. The molecule has 0 atom stereocenters. The van der Waals surface area contributed by atoms with E-state index < -0.39 is 0 Å². The number of amides is 1. The molecule has 0 radical (unpaired) electrons. The summed E-state index contributed by atoms with van der Waals surface area (Å²) in [6.07, 6.45) is 5.93. The summed E-state index contributed by atoms with van der Waals surface area (Å²) in [6, 6.07) is 8.00. The van der Waals surface area contributed by atoms with Gasteiger partial charge < -0.3 is 9.73 Å². The number of carbonyl (C=O) groups is 1. The Hall–Kier alpha value is -1.77. The van der Waals surface area contributed by atoms with Gasteiger partial charge in [0.25, 0.3) is 0 Å². The Balaban J connectivity index is 1.58. The van der Waals surface area contributed by atoms with Gasteiger partial charge >= 0.3 is 0 Å². The fraction of sp³-hybridized carbons (Fsp3) is 0.400. The molecule has 94 valence electrons. The molecule has 3 heteroatoms. The third-order valence-corrected chi connectivity index (χ3v) is 3.73. The van der Waals surface area contributed by atoms with E-state index in [0.717, 1.165) is 30.2 Å². The van der Waals surface area contributed by atoms with Crippen molar-refractivity contribution in [2.24, 2.45) is 5.92 Å². The molecule has 1 aromatic heterocycles. The smallest absolute Gasteiger partial charge is 0.223 e. The number of rotatable bonds is 4. The minimum atomic E-state index is 0.217. The number of benzene rings is 1. The molecule has 0 spiro atoms. The molecule has 3 nitrogen and oxygen atoms in total. The quantitative estimate of drug-likeness (QED) is 0.897. The van der Waals surface area contributed by atoms with Crippen LogP contribution in [0.1, 0.15) is 24.8 Å². The molecule has 1 aliphatic rings. The van der Waals surface area contributed by atoms with Crippen LogP contribution >= 0.6 is 0 Å². The number of carbonyl (C=O) groups excluding carboxylic acids is 1. The second-order valence-corrected chi connectivity index (χ2v) is 4.93. The monoisotopic (exact) mass is 243 g/mol. The lowest BCUT2D eigenvalue weighted by atomic mass is 9.85. The van der Waals surface area contributed by atoms with Gasteiger partial charge in [0.15, 0.2) is 0 Å². The molecule has 2 aromatic rings. The van der Waals surface area contributed by atoms with Crippen molar-refractivity contribution in [3.63, 3.8) is 0 Å². The van der Waals surface area contributed by atoms with Crippen LogP contribution in [-0.2, 0) is 11.2 Å². The predicted octanol–water partition coefficient (Wildman–Crippen LogP) is 2.89. The highest BCUT2D eigenvalue weighted by molar-refractivity contribution is 5.81. The Morgan fingerprint density at radius 2 is 2.17 bits per heavy atom. The van der Waals surface area contributed by atoms with Crippen molar-refractivity contribution < 1.29 is 9.21 Å². The molecular formula is C15H17NO2. The standard InChI is InChI=1S/C15H17NO2/c17-15(11-4-3-5-11)16-9-8-12-10-18-14-7-2-1-6-13(12)14/h1-2,6-7,10-11H,3-5,8-9H2,(H,16,17). The van der Waals surface area contributed by atoms with Crippen LogP contribution in [0.25, 0.3) is 11.0 Å². The van der Waals surface area contributed by atoms with Crippen molar-refractivity contribution in [2.45, 2.75) is 25.7 Å². The number of nitrogens with one attached hydrogen (secondary N) is 1. The van der Waals surface area contributed by atoms with E-state index in [1.165, 1.54) is 12.0 Å². The Bertz CT molecular complexity index is 554. The van der Waals surface area contributed by atoms with Crippen molar-refractivity contribution in [3.8, 4) is 0 Å². The van der Waals surface area contributed by atoms with E-state index in [4.69, 9.17) is 4.42 Å². The highest BCUT2D eigenvalue weighted by Crippen LogP contribution is 2.26. The first-order valence-corrected chi connectivity index (χ1v) is 6.57. The SMILES string of the molecule is O=C(NCCc1coc2ccccc12)C1CCC1. The average molecular weight is 243 g/mol. The van der Waals surface area contributed by atoms with Crippen molar-refractivity contribution in [3.05, 3.63) is 36.1 Å². The van der Waals surface area contributed by atoms with Crippen LogP contribution in [0.5, 0.6) is 0 Å². The molecule has 18 heavy (non-hydrogen) atoms. The maximum absolute atomic E-state index is 11.7. The van der Waals surface area contributed by atoms with Gasteiger partial charge in [-0.3, -0.25) is 4.79 Å². The molecule has 1 amide bonds. The molecule has 0 aliphatic heterocycles. The normalized spacial score (nSPS) is 15.6. The molecular weight excluding hydrogens is 226 g/mol. The number of furan rings is 1. The van der Waals surface area contributed by atoms with Gasteiger partial charge in [-0.05, 0) is 30.9 Å². The predicted molar refractivity (Wildman–Crippen MR) is 70.3 cm³/mol. The zero-order chi connectivity index (χ0) is 12.4. The molecule has 0 saturated heterocycles. The Morgan fingerprint density at radius 3 is 2.94 bits per heavy atom. The number of hydrogen-bond donors (Lipinski definition) is 1. The van der Waals surface area contributed by atoms with Crippen LogP contribution in [0.4, 0.5) is 0 Å². The Kier molecular flexibility index (Phi) is 3.05. The van der Waals surface area contributed by atoms with Crippen molar-refractivity contribution >= 4 is 16.9 Å². The van der Waals surface area contributed by atoms with Gasteiger partial charge in [0.05, 0.1) is 6.26 Å². The van der Waals surface area contributed by atoms with Gasteiger partial charge in [-0.25, -0.2) is 0 Å². The molecule has 0 bridgehead atoms. The molecule has 1 aliphatic carbocycles. The van der Waals surface area contributed by atoms with Gasteiger partial charge in [-0.2, -0.15) is 0 Å². The van der Waals surface area contributed by atoms with Gasteiger partial charge in [-0.1, -0.05) is 24.6 Å². The second-order valence-electron chi connectivity index (χ2n) is 4.93. The molecule has 1 N–H and O–H groups in total. The second kappa shape index (κ2) is 4.84. The molecule has 1 saturated carbocycles. The third-order valence-electron chi connectivity index (χ3n) is 3.73. The molecule has 0 unspecified atom stereocenters. The Morgan fingerprint density at radius 1 is 1.33 bits per heavy atom. The van der Waals surface area contributed by atoms with Crippen molar-refractivity contribution in [1.29, 1.82) is 0 Å². The average Bonchev–Trinajstić information content (AvgIpc) is 2.71. The minimum Gasteiger partial charge on any atom is -0.464 e. The van der Waals surface area contributed by atoms with Crippen LogP contribution in [0.3, 0.4) is 0 Å². The summed E-state index contributed by atoms with van der Waals surface area (Å²) in [4.78, 5) is 11.7. The summed E-state index contributed by atoms with van der Waals surface area (Å²) in [7, 11) is 0. The molecule has 1 heterocycles. The first kappa shape index (κ1) is 11.3. The number of para-hydroxylation sites is 1. The van der Waals surface area contributed by atoms with Crippen LogP contribution in [0, 0.1) is 5.92 Å². The lowest BCUT2D eigenvalue weighted by Crippen LogP contribution is -2.35. The zero-order valence-electron chi connectivity index (χ0n) is 10.3. The summed E-state index contributed by atoms with van der Waals surface area (Å²) in [5.41, 5.74) is 2.08. The lowest BCUT2D eigenvalue weighted by molar-refractivity contribution is -0.127. The van der Waals surface area contributed by atoms with Gasteiger partial charge in [0.2, 0.25) is 5.91 Å². The van der Waals surface area contributed by atoms with Crippen molar-refractivity contribution in [1.82, 2.24) is 5.32 Å². The topological polar surface area (TPSA) is 42.2 Å². The highest BCUT2D eigenvalue weighted by Gasteiger charge is 2.24. The van der Waals surface area contributed by atoms with E-state index >= 15 is 0 Å². The van der Waals surface area contributed by atoms with Crippen LogP contribution < -0.4 is 5.32 Å². The van der Waals surface area contributed by atoms with Gasteiger partial charge in [-0.15, -0.1) is 0 Å². The molecule has 1 aromatic carbocycles. The number of hydrogen-bond acceptors (Lipinski definition) is 2. The van der Waals surface area contributed by atoms with Crippen LogP contribution in [0.15, 0.2) is 34.9 Å². The maximum Gasteiger partial charge on any atom is 0.223 e. The number of fused-ring (bicyclic) bond motifs is 1. The largest absolute Gasteiger partial charge is 0.464 e. The fourth-order valence-corrected chi connectivity index (χ4v) is 2.36. The third kappa shape index (κ3) is 2.13. The van der Waals surface area contributed by atoms with Crippen LogP contribution in [0.2, 0.25) is 0 Å². The highest BCUT2D eigenvalue weighted by atomic mass is 16.3.